The van der Waals surface area contributed by atoms with Gasteiger partial charge in [0.05, 0.1) is 12.0 Å². The lowest BCUT2D eigenvalue weighted by molar-refractivity contribution is 0.527. The minimum atomic E-state index is 0.438. The zero-order valence-electron chi connectivity index (χ0n) is 8.30. The third kappa shape index (κ3) is 2.50. The van der Waals surface area contributed by atoms with Crippen LogP contribution in [0, 0.1) is 6.92 Å². The molecule has 5 heteroatoms. The minimum Gasteiger partial charge on any atom is -0.468 e. The highest BCUT2D eigenvalue weighted by Crippen LogP contribution is 2.22. The topological polar surface area (TPSA) is 64.9 Å². The maximum atomic E-state index is 5.44. The Hall–Kier alpha value is -1.49. The van der Waals surface area contributed by atoms with Gasteiger partial charge in [-0.15, -0.1) is 10.2 Å². The zero-order valence-corrected chi connectivity index (χ0v) is 9.12. The third-order valence-corrected chi connectivity index (χ3v) is 2.90. The van der Waals surface area contributed by atoms with Gasteiger partial charge < -0.3 is 10.2 Å². The summed E-state index contributed by atoms with van der Waals surface area (Å²) < 4.78 is 5.32. The van der Waals surface area contributed by atoms with Crippen LogP contribution in [-0.4, -0.2) is 10.2 Å². The molecule has 2 aromatic rings. The van der Waals surface area contributed by atoms with Crippen molar-refractivity contribution in [3.8, 4) is 0 Å². The van der Waals surface area contributed by atoms with Crippen LogP contribution in [0.15, 0.2) is 33.9 Å². The first-order chi connectivity index (χ1) is 7.25. The van der Waals surface area contributed by atoms with E-state index in [1.54, 1.807) is 24.1 Å². The molecule has 0 saturated heterocycles. The Labute approximate surface area is 91.9 Å². The van der Waals surface area contributed by atoms with Crippen LogP contribution < -0.4 is 5.73 Å². The highest BCUT2D eigenvalue weighted by atomic mass is 32.2. The monoisotopic (exact) mass is 221 g/mol. The van der Waals surface area contributed by atoms with E-state index in [-0.39, 0.29) is 0 Å². The first-order valence-corrected chi connectivity index (χ1v) is 5.49. The summed E-state index contributed by atoms with van der Waals surface area (Å²) in [5.41, 5.74) is 6.60. The fraction of sp³-hybridized carbons (Fsp3) is 0.200. The van der Waals surface area contributed by atoms with Gasteiger partial charge in [0.2, 0.25) is 0 Å². The Morgan fingerprint density at radius 2 is 2.20 bits per heavy atom. The Bertz CT molecular complexity index is 438. The predicted octanol–water partition coefficient (Wildman–Crippen LogP) is 2.25. The van der Waals surface area contributed by atoms with E-state index in [1.807, 2.05) is 19.1 Å². The van der Waals surface area contributed by atoms with Gasteiger partial charge in [0, 0.05) is 0 Å². The molecule has 0 atom stereocenters. The predicted molar refractivity (Wildman–Crippen MR) is 59.5 cm³/mol. The summed E-state index contributed by atoms with van der Waals surface area (Å²) in [7, 11) is 0. The van der Waals surface area contributed by atoms with Crippen molar-refractivity contribution in [1.82, 2.24) is 10.2 Å². The van der Waals surface area contributed by atoms with Gasteiger partial charge in [-0.1, -0.05) is 11.8 Å². The van der Waals surface area contributed by atoms with Gasteiger partial charge in [0.15, 0.2) is 0 Å². The van der Waals surface area contributed by atoms with E-state index < -0.39 is 0 Å². The zero-order chi connectivity index (χ0) is 10.7. The van der Waals surface area contributed by atoms with Crippen LogP contribution in [0.2, 0.25) is 0 Å². The molecule has 0 aliphatic heterocycles. The third-order valence-electron chi connectivity index (χ3n) is 1.98. The van der Waals surface area contributed by atoms with Gasteiger partial charge in [0.25, 0.3) is 0 Å². The maximum absolute atomic E-state index is 5.44. The van der Waals surface area contributed by atoms with Crippen molar-refractivity contribution in [2.45, 2.75) is 17.7 Å². The molecule has 0 aromatic carbocycles. The average Bonchev–Trinajstić information content (AvgIpc) is 2.63. The SMILES string of the molecule is Cc1ccoc1CSc1ccc(N)nn1. The first kappa shape index (κ1) is 10.0. The molecule has 0 aliphatic rings. The molecule has 15 heavy (non-hydrogen) atoms. The molecule has 0 unspecified atom stereocenters. The number of aryl methyl sites for hydroxylation is 1. The van der Waals surface area contributed by atoms with Gasteiger partial charge in [-0.25, -0.2) is 0 Å². The molecule has 0 bridgehead atoms. The van der Waals surface area contributed by atoms with E-state index in [2.05, 4.69) is 10.2 Å². The molecule has 4 nitrogen and oxygen atoms in total. The molecule has 0 spiro atoms. The van der Waals surface area contributed by atoms with Crippen molar-refractivity contribution in [2.75, 3.05) is 5.73 Å². The van der Waals surface area contributed by atoms with Gasteiger partial charge in [-0.3, -0.25) is 0 Å². The molecule has 0 radical (unpaired) electrons. The maximum Gasteiger partial charge on any atom is 0.146 e. The Balaban J connectivity index is 1.99. The lowest BCUT2D eigenvalue weighted by Crippen LogP contribution is -1.93. The average molecular weight is 221 g/mol. The number of rotatable bonds is 3. The van der Waals surface area contributed by atoms with Gasteiger partial charge in [-0.2, -0.15) is 0 Å². The Kier molecular flexibility index (Phi) is 2.91. The second kappa shape index (κ2) is 4.35. The van der Waals surface area contributed by atoms with Gasteiger partial charge in [-0.05, 0) is 30.7 Å². The minimum absolute atomic E-state index is 0.438. The van der Waals surface area contributed by atoms with Crippen molar-refractivity contribution >= 4 is 17.6 Å². The molecule has 2 aromatic heterocycles. The Morgan fingerprint density at radius 3 is 2.80 bits per heavy atom. The van der Waals surface area contributed by atoms with Crippen molar-refractivity contribution < 1.29 is 4.42 Å². The van der Waals surface area contributed by atoms with E-state index >= 15 is 0 Å². The molecule has 78 valence electrons. The first-order valence-electron chi connectivity index (χ1n) is 4.50. The van der Waals surface area contributed by atoms with Gasteiger partial charge >= 0.3 is 0 Å². The molecule has 2 heterocycles. The van der Waals surface area contributed by atoms with E-state index in [0.29, 0.717) is 5.82 Å². The molecular weight excluding hydrogens is 210 g/mol. The van der Waals surface area contributed by atoms with Gasteiger partial charge in [0.1, 0.15) is 16.6 Å². The quantitative estimate of drug-likeness (QED) is 0.805. The highest BCUT2D eigenvalue weighted by molar-refractivity contribution is 7.98. The smallest absolute Gasteiger partial charge is 0.146 e. The molecule has 0 aliphatic carbocycles. The molecule has 0 fully saturated rings. The molecule has 2 N–H and O–H groups in total. The number of hydrogen-bond acceptors (Lipinski definition) is 5. The molecular formula is C10H11N3OS. The van der Waals surface area contributed by atoms with Crippen LogP contribution in [0.3, 0.4) is 0 Å². The Morgan fingerprint density at radius 1 is 1.33 bits per heavy atom. The second-order valence-corrected chi connectivity index (χ2v) is 4.11. The largest absolute Gasteiger partial charge is 0.468 e. The number of anilines is 1. The standard InChI is InChI=1S/C10H11N3OS/c1-7-4-5-14-8(7)6-15-10-3-2-9(11)12-13-10/h2-5H,6H2,1H3,(H2,11,12). The summed E-state index contributed by atoms with van der Waals surface area (Å²) >= 11 is 1.58. The summed E-state index contributed by atoms with van der Waals surface area (Å²) in [5.74, 6) is 2.17. The number of hydrogen-bond donors (Lipinski definition) is 1. The molecule has 0 saturated carbocycles. The van der Waals surface area contributed by atoms with E-state index in [9.17, 15) is 0 Å². The number of furan rings is 1. The van der Waals surface area contributed by atoms with Crippen LogP contribution >= 0.6 is 11.8 Å². The van der Waals surface area contributed by atoms with Crippen molar-refractivity contribution in [2.24, 2.45) is 0 Å². The number of nitrogens with zero attached hydrogens (tertiary/aromatic N) is 2. The summed E-state index contributed by atoms with van der Waals surface area (Å²) in [6.45, 7) is 2.02. The summed E-state index contributed by atoms with van der Waals surface area (Å²) in [6.07, 6.45) is 1.69. The summed E-state index contributed by atoms with van der Waals surface area (Å²) in [4.78, 5) is 0. The van der Waals surface area contributed by atoms with Crippen LogP contribution in [0.25, 0.3) is 0 Å². The lowest BCUT2D eigenvalue weighted by Gasteiger charge is -1.98. The molecule has 2 rings (SSSR count). The normalized spacial score (nSPS) is 10.5. The second-order valence-electron chi connectivity index (χ2n) is 3.11. The van der Waals surface area contributed by atoms with E-state index in [4.69, 9.17) is 10.2 Å². The highest BCUT2D eigenvalue weighted by Gasteiger charge is 2.03. The van der Waals surface area contributed by atoms with Crippen LogP contribution in [0.4, 0.5) is 5.82 Å². The van der Waals surface area contributed by atoms with E-state index in [0.717, 1.165) is 22.1 Å². The van der Waals surface area contributed by atoms with Crippen molar-refractivity contribution in [3.63, 3.8) is 0 Å². The van der Waals surface area contributed by atoms with Crippen LogP contribution in [0.1, 0.15) is 11.3 Å². The fourth-order valence-electron chi connectivity index (χ4n) is 1.10. The number of nitrogen functional groups attached to an aromatic ring is 1. The summed E-state index contributed by atoms with van der Waals surface area (Å²) in [6, 6.07) is 5.54. The fourth-order valence-corrected chi connectivity index (χ4v) is 1.94. The number of aromatic nitrogens is 2. The molecule has 0 amide bonds. The van der Waals surface area contributed by atoms with Crippen LogP contribution in [0.5, 0.6) is 0 Å². The number of thioether (sulfide) groups is 1. The lowest BCUT2D eigenvalue weighted by atomic mass is 10.3. The number of nitrogens with two attached hydrogens (primary N) is 1. The van der Waals surface area contributed by atoms with E-state index in [1.165, 1.54) is 0 Å². The van der Waals surface area contributed by atoms with Crippen molar-refractivity contribution in [3.05, 3.63) is 35.8 Å². The van der Waals surface area contributed by atoms with Crippen molar-refractivity contribution in [1.29, 1.82) is 0 Å². The van der Waals surface area contributed by atoms with Crippen LogP contribution in [-0.2, 0) is 5.75 Å². The summed E-state index contributed by atoms with van der Waals surface area (Å²) in [5, 5.41) is 8.58.